The molecule has 2 saturated heterocycles. The fourth-order valence-corrected chi connectivity index (χ4v) is 2.57. The zero-order valence-corrected chi connectivity index (χ0v) is 11.1. The zero-order valence-electron chi connectivity index (χ0n) is 11.1. The molecular weight excluding hydrogens is 259 g/mol. The van der Waals surface area contributed by atoms with Crippen molar-refractivity contribution in [1.29, 1.82) is 0 Å². The first-order chi connectivity index (χ1) is 9.03. The third-order valence-electron chi connectivity index (χ3n) is 3.66. The van der Waals surface area contributed by atoms with Crippen LogP contribution in [-0.2, 0) is 4.74 Å². The summed E-state index contributed by atoms with van der Waals surface area (Å²) in [6, 6.07) is 0.391. The van der Waals surface area contributed by atoms with Gasteiger partial charge in [0.1, 0.15) is 0 Å². The smallest absolute Gasteiger partial charge is 0.379 e. The van der Waals surface area contributed by atoms with Gasteiger partial charge in [-0.05, 0) is 13.0 Å². The maximum Gasteiger partial charge on any atom is 0.401 e. The Morgan fingerprint density at radius 3 is 2.37 bits per heavy atom. The second kappa shape index (κ2) is 6.88. The topological polar surface area (TPSA) is 27.7 Å². The summed E-state index contributed by atoms with van der Waals surface area (Å²) in [6.07, 6.45) is -3.08. The fourth-order valence-electron chi connectivity index (χ4n) is 2.57. The van der Waals surface area contributed by atoms with Crippen LogP contribution in [0, 0.1) is 0 Å². The van der Waals surface area contributed by atoms with Gasteiger partial charge < -0.3 is 15.0 Å². The van der Waals surface area contributed by atoms with E-state index in [2.05, 4.69) is 10.2 Å². The third kappa shape index (κ3) is 5.64. The Balaban J connectivity index is 1.60. The Labute approximate surface area is 111 Å². The Hall–Kier alpha value is -0.370. The highest BCUT2D eigenvalue weighted by molar-refractivity contribution is 4.77. The molecule has 2 rings (SSSR count). The molecule has 1 unspecified atom stereocenters. The van der Waals surface area contributed by atoms with Gasteiger partial charge in [0.15, 0.2) is 0 Å². The summed E-state index contributed by atoms with van der Waals surface area (Å²) in [4.78, 5) is 3.72. The number of piperazine rings is 1. The number of hydrogen-bond acceptors (Lipinski definition) is 4. The molecule has 0 spiro atoms. The van der Waals surface area contributed by atoms with Gasteiger partial charge in [-0.3, -0.25) is 4.90 Å². The van der Waals surface area contributed by atoms with Crippen molar-refractivity contribution in [3.63, 3.8) is 0 Å². The van der Waals surface area contributed by atoms with Crippen LogP contribution in [0.4, 0.5) is 13.2 Å². The van der Waals surface area contributed by atoms with E-state index in [4.69, 9.17) is 4.74 Å². The summed E-state index contributed by atoms with van der Waals surface area (Å²) in [5.41, 5.74) is 0. The normalized spacial score (nSPS) is 27.6. The van der Waals surface area contributed by atoms with E-state index in [1.165, 1.54) is 4.90 Å². The highest BCUT2D eigenvalue weighted by atomic mass is 19.4. The van der Waals surface area contributed by atoms with E-state index in [1.807, 2.05) is 0 Å². The summed E-state index contributed by atoms with van der Waals surface area (Å²) in [6.45, 7) is 5.03. The van der Waals surface area contributed by atoms with E-state index in [9.17, 15) is 13.2 Å². The molecule has 19 heavy (non-hydrogen) atoms. The molecule has 1 atom stereocenters. The molecule has 7 heteroatoms. The lowest BCUT2D eigenvalue weighted by atomic mass is 10.2. The standard InChI is InChI=1S/C12H22F3N3O/c13-12(14,15)10-18-6-4-17(5-7-18)3-1-11-9-19-8-2-16-11/h11,16H,1-10H2. The van der Waals surface area contributed by atoms with Crippen LogP contribution >= 0.6 is 0 Å². The molecule has 0 radical (unpaired) electrons. The van der Waals surface area contributed by atoms with Gasteiger partial charge in [0.05, 0.1) is 19.8 Å². The van der Waals surface area contributed by atoms with E-state index in [-0.39, 0.29) is 0 Å². The predicted octanol–water partition coefficient (Wildman–Crippen LogP) is 0.545. The summed E-state index contributed by atoms with van der Waals surface area (Å²) in [5, 5.41) is 3.39. The van der Waals surface area contributed by atoms with E-state index < -0.39 is 12.7 Å². The fraction of sp³-hybridized carbons (Fsp3) is 1.00. The number of morpholine rings is 1. The van der Waals surface area contributed by atoms with Crippen molar-refractivity contribution in [1.82, 2.24) is 15.1 Å². The molecule has 0 aromatic carbocycles. The number of alkyl halides is 3. The minimum absolute atomic E-state index is 0.391. The third-order valence-corrected chi connectivity index (χ3v) is 3.66. The Morgan fingerprint density at radius 2 is 1.79 bits per heavy atom. The summed E-state index contributed by atoms with van der Waals surface area (Å²) in [7, 11) is 0. The second-order valence-corrected chi connectivity index (χ2v) is 5.25. The zero-order chi connectivity index (χ0) is 13.7. The lowest BCUT2D eigenvalue weighted by Crippen LogP contribution is -2.50. The van der Waals surface area contributed by atoms with Gasteiger partial charge >= 0.3 is 6.18 Å². The second-order valence-electron chi connectivity index (χ2n) is 5.25. The van der Waals surface area contributed by atoms with Crippen molar-refractivity contribution < 1.29 is 17.9 Å². The average Bonchev–Trinajstić information content (AvgIpc) is 2.37. The molecule has 0 aromatic rings. The van der Waals surface area contributed by atoms with Crippen LogP contribution in [0.15, 0.2) is 0 Å². The number of rotatable bonds is 4. The largest absolute Gasteiger partial charge is 0.401 e. The molecule has 2 heterocycles. The molecule has 2 fully saturated rings. The first kappa shape index (κ1) is 15.0. The summed E-state index contributed by atoms with van der Waals surface area (Å²) in [5.74, 6) is 0. The van der Waals surface area contributed by atoms with Crippen LogP contribution in [0.2, 0.25) is 0 Å². The van der Waals surface area contributed by atoms with Gasteiger partial charge in [0.2, 0.25) is 0 Å². The molecule has 0 aliphatic carbocycles. The average molecular weight is 281 g/mol. The van der Waals surface area contributed by atoms with E-state index in [1.54, 1.807) is 0 Å². The van der Waals surface area contributed by atoms with Crippen LogP contribution < -0.4 is 5.32 Å². The van der Waals surface area contributed by atoms with Crippen molar-refractivity contribution in [3.05, 3.63) is 0 Å². The van der Waals surface area contributed by atoms with Gasteiger partial charge in [0, 0.05) is 38.8 Å². The lowest BCUT2D eigenvalue weighted by Gasteiger charge is -2.36. The van der Waals surface area contributed by atoms with E-state index in [0.717, 1.165) is 45.8 Å². The molecule has 2 aliphatic heterocycles. The van der Waals surface area contributed by atoms with Gasteiger partial charge in [-0.25, -0.2) is 0 Å². The first-order valence-corrected chi connectivity index (χ1v) is 6.85. The van der Waals surface area contributed by atoms with Crippen molar-refractivity contribution in [3.8, 4) is 0 Å². The maximum atomic E-state index is 12.3. The molecule has 0 amide bonds. The molecule has 0 saturated carbocycles. The summed E-state index contributed by atoms with van der Waals surface area (Å²) < 4.78 is 42.1. The molecule has 112 valence electrons. The van der Waals surface area contributed by atoms with Crippen molar-refractivity contribution in [2.24, 2.45) is 0 Å². The highest BCUT2D eigenvalue weighted by Crippen LogP contribution is 2.17. The minimum Gasteiger partial charge on any atom is -0.379 e. The van der Waals surface area contributed by atoms with Crippen molar-refractivity contribution in [2.75, 3.05) is 59.0 Å². The van der Waals surface area contributed by atoms with Crippen LogP contribution in [0.25, 0.3) is 0 Å². The van der Waals surface area contributed by atoms with Crippen molar-refractivity contribution >= 4 is 0 Å². The number of halogens is 3. The quantitative estimate of drug-likeness (QED) is 0.814. The Kier molecular flexibility index (Phi) is 5.44. The SMILES string of the molecule is FC(F)(F)CN1CCN(CCC2COCCN2)CC1. The number of hydrogen-bond donors (Lipinski definition) is 1. The van der Waals surface area contributed by atoms with Gasteiger partial charge in [-0.15, -0.1) is 0 Å². The predicted molar refractivity (Wildman–Crippen MR) is 66.2 cm³/mol. The lowest BCUT2D eigenvalue weighted by molar-refractivity contribution is -0.149. The van der Waals surface area contributed by atoms with Crippen LogP contribution in [0.3, 0.4) is 0 Å². The molecular formula is C12H22F3N3O. The van der Waals surface area contributed by atoms with E-state index >= 15 is 0 Å². The summed E-state index contributed by atoms with van der Waals surface area (Å²) >= 11 is 0. The molecule has 1 N–H and O–H groups in total. The van der Waals surface area contributed by atoms with Crippen molar-refractivity contribution in [2.45, 2.75) is 18.6 Å². The molecule has 0 bridgehead atoms. The minimum atomic E-state index is -4.08. The van der Waals surface area contributed by atoms with Crippen LogP contribution in [0.5, 0.6) is 0 Å². The van der Waals surface area contributed by atoms with Gasteiger partial charge in [-0.2, -0.15) is 13.2 Å². The molecule has 2 aliphatic rings. The van der Waals surface area contributed by atoms with Gasteiger partial charge in [0.25, 0.3) is 0 Å². The maximum absolute atomic E-state index is 12.3. The Morgan fingerprint density at radius 1 is 1.11 bits per heavy atom. The van der Waals surface area contributed by atoms with Crippen LogP contribution in [0.1, 0.15) is 6.42 Å². The molecule has 4 nitrogen and oxygen atoms in total. The van der Waals surface area contributed by atoms with Gasteiger partial charge in [-0.1, -0.05) is 0 Å². The number of nitrogens with one attached hydrogen (secondary N) is 1. The highest BCUT2D eigenvalue weighted by Gasteiger charge is 2.32. The van der Waals surface area contributed by atoms with E-state index in [0.29, 0.717) is 19.1 Å². The monoisotopic (exact) mass is 281 g/mol. The first-order valence-electron chi connectivity index (χ1n) is 6.85. The van der Waals surface area contributed by atoms with Crippen LogP contribution in [-0.4, -0.2) is 81.0 Å². The number of ether oxygens (including phenoxy) is 1. The Bertz CT molecular complexity index is 261. The number of nitrogens with zero attached hydrogens (tertiary/aromatic N) is 2. The molecule has 0 aromatic heterocycles.